The van der Waals surface area contributed by atoms with Crippen LogP contribution in [0.5, 0.6) is 0 Å². The highest BCUT2D eigenvalue weighted by molar-refractivity contribution is 7.22. The molecule has 1 aliphatic rings. The molecule has 0 amide bonds. The molecule has 6 rings (SSSR count). The maximum atomic E-state index is 4.98. The molecule has 3 aromatic heterocycles. The van der Waals surface area contributed by atoms with E-state index in [1.807, 2.05) is 11.3 Å². The Morgan fingerprint density at radius 2 is 1.39 bits per heavy atom. The molecule has 1 fully saturated rings. The van der Waals surface area contributed by atoms with Crippen LogP contribution in [0.2, 0.25) is 0 Å². The van der Waals surface area contributed by atoms with Gasteiger partial charge in [-0.2, -0.15) is 0 Å². The molecule has 168 valence electrons. The normalized spacial score (nSPS) is 15.2. The molecule has 0 aliphatic carbocycles. The number of aryl methyl sites for hydroxylation is 2. The van der Waals surface area contributed by atoms with Gasteiger partial charge in [0.25, 0.3) is 0 Å². The Kier molecular flexibility index (Phi) is 5.54. The Balaban J connectivity index is 1.31. The van der Waals surface area contributed by atoms with Crippen molar-refractivity contribution in [1.82, 2.24) is 14.9 Å². The van der Waals surface area contributed by atoms with Crippen molar-refractivity contribution < 1.29 is 0 Å². The van der Waals surface area contributed by atoms with Crippen LogP contribution in [-0.2, 0) is 6.42 Å². The minimum absolute atomic E-state index is 0.799. The Morgan fingerprint density at radius 1 is 0.788 bits per heavy atom. The van der Waals surface area contributed by atoms with Crippen LogP contribution in [0.4, 0.5) is 10.3 Å². The van der Waals surface area contributed by atoms with Gasteiger partial charge in [0.15, 0.2) is 10.3 Å². The first-order chi connectivity index (χ1) is 16.1. The van der Waals surface area contributed by atoms with Gasteiger partial charge in [-0.3, -0.25) is 4.90 Å². The van der Waals surface area contributed by atoms with Crippen molar-refractivity contribution in [3.05, 3.63) is 69.9 Å². The van der Waals surface area contributed by atoms with E-state index >= 15 is 0 Å². The van der Waals surface area contributed by atoms with Gasteiger partial charge in [0, 0.05) is 11.4 Å². The molecule has 0 atom stereocenters. The van der Waals surface area contributed by atoms with Gasteiger partial charge in [-0.15, -0.1) is 11.3 Å². The molecule has 0 radical (unpaired) electrons. The van der Waals surface area contributed by atoms with Crippen LogP contribution in [0, 0.1) is 13.8 Å². The van der Waals surface area contributed by atoms with Crippen molar-refractivity contribution in [2.45, 2.75) is 20.3 Å². The van der Waals surface area contributed by atoms with E-state index in [-0.39, 0.29) is 0 Å². The summed E-state index contributed by atoms with van der Waals surface area (Å²) in [5.41, 5.74) is 4.72. The summed E-state index contributed by atoms with van der Waals surface area (Å²) in [6, 6.07) is 17.4. The summed E-state index contributed by atoms with van der Waals surface area (Å²) >= 11 is 5.41. The monoisotopic (exact) mass is 491 g/mol. The second-order valence-electron chi connectivity index (χ2n) is 8.66. The Hall–Kier alpha value is -2.52. The molecule has 0 spiro atoms. The molecule has 0 saturated carbocycles. The van der Waals surface area contributed by atoms with E-state index in [1.54, 1.807) is 22.7 Å². The maximum Gasteiger partial charge on any atom is 0.188 e. The van der Waals surface area contributed by atoms with E-state index in [4.69, 9.17) is 9.97 Å². The second kappa shape index (κ2) is 8.68. The summed E-state index contributed by atoms with van der Waals surface area (Å²) in [5.74, 6) is 0. The number of rotatable bonds is 5. The van der Waals surface area contributed by atoms with E-state index in [2.05, 4.69) is 82.5 Å². The van der Waals surface area contributed by atoms with Crippen LogP contribution in [-0.4, -0.2) is 41.4 Å². The van der Waals surface area contributed by atoms with Gasteiger partial charge in [-0.25, -0.2) is 9.97 Å². The topological polar surface area (TPSA) is 35.5 Å². The van der Waals surface area contributed by atoms with Gasteiger partial charge in [0.2, 0.25) is 0 Å². The fourth-order valence-electron chi connectivity index (χ4n) is 4.24. The smallest absolute Gasteiger partial charge is 0.188 e. The van der Waals surface area contributed by atoms with Gasteiger partial charge < -0.3 is 9.80 Å². The summed E-state index contributed by atoms with van der Waals surface area (Å²) in [6.07, 6.45) is 1.07. The molecule has 2 aromatic carbocycles. The molecular weight excluding hydrogens is 467 g/mol. The largest absolute Gasteiger partial charge is 0.317 e. The third kappa shape index (κ3) is 4.36. The molecule has 1 aliphatic heterocycles. The number of thiophene rings is 1. The molecule has 4 heterocycles. The average molecular weight is 492 g/mol. The standard InChI is InChI=1S/C25H25N5S3/c1-17-5-7-20-22(12-17)32-24(26-20)29-14-28(10-9-19-4-3-11-31-19)15-30(16-29)25-27-21-8-6-18(2)13-23(21)33-25/h3-8,11-13H,9-10,14-16H2,1-2H3. The van der Waals surface area contributed by atoms with Crippen molar-refractivity contribution in [2.24, 2.45) is 0 Å². The van der Waals surface area contributed by atoms with E-state index in [9.17, 15) is 0 Å². The quantitative estimate of drug-likeness (QED) is 0.287. The summed E-state index contributed by atoms with van der Waals surface area (Å²) in [5, 5.41) is 4.33. The van der Waals surface area contributed by atoms with Crippen molar-refractivity contribution in [2.75, 3.05) is 36.4 Å². The van der Waals surface area contributed by atoms with Crippen molar-refractivity contribution in [3.63, 3.8) is 0 Å². The summed E-state index contributed by atoms with van der Waals surface area (Å²) in [4.78, 5) is 18.7. The highest BCUT2D eigenvalue weighted by Crippen LogP contribution is 2.34. The zero-order valence-electron chi connectivity index (χ0n) is 18.7. The Bertz CT molecular complexity index is 1320. The first-order valence-electron chi connectivity index (χ1n) is 11.1. The molecule has 0 unspecified atom stereocenters. The van der Waals surface area contributed by atoms with Crippen molar-refractivity contribution in [3.8, 4) is 0 Å². The van der Waals surface area contributed by atoms with Crippen molar-refractivity contribution >= 4 is 64.7 Å². The predicted molar refractivity (Wildman–Crippen MR) is 143 cm³/mol. The number of anilines is 2. The average Bonchev–Trinajstić information content (AvgIpc) is 3.56. The van der Waals surface area contributed by atoms with Crippen LogP contribution in [0.1, 0.15) is 16.0 Å². The van der Waals surface area contributed by atoms with Gasteiger partial charge in [-0.05, 0) is 67.1 Å². The molecule has 0 bridgehead atoms. The van der Waals surface area contributed by atoms with Crippen LogP contribution in [0.15, 0.2) is 53.9 Å². The van der Waals surface area contributed by atoms with Gasteiger partial charge in [-0.1, -0.05) is 40.9 Å². The van der Waals surface area contributed by atoms with Crippen LogP contribution < -0.4 is 9.80 Å². The number of hydrogen-bond donors (Lipinski definition) is 0. The molecule has 5 aromatic rings. The van der Waals surface area contributed by atoms with Crippen molar-refractivity contribution in [1.29, 1.82) is 0 Å². The highest BCUT2D eigenvalue weighted by Gasteiger charge is 2.27. The lowest BCUT2D eigenvalue weighted by molar-refractivity contribution is 0.245. The SMILES string of the molecule is Cc1ccc2nc(N3CN(CCc4cccs4)CN(c4nc5ccc(C)cc5s4)C3)sc2c1. The number of thiazole rings is 2. The number of benzene rings is 2. The molecule has 33 heavy (non-hydrogen) atoms. The zero-order valence-corrected chi connectivity index (χ0v) is 21.1. The maximum absolute atomic E-state index is 4.98. The Morgan fingerprint density at radius 3 is 1.94 bits per heavy atom. The fraction of sp³-hybridized carbons (Fsp3) is 0.280. The molecule has 5 nitrogen and oxygen atoms in total. The predicted octanol–water partition coefficient (Wildman–Crippen LogP) is 6.33. The third-order valence-electron chi connectivity index (χ3n) is 5.94. The van der Waals surface area contributed by atoms with Crippen LogP contribution in [0.3, 0.4) is 0 Å². The minimum Gasteiger partial charge on any atom is -0.317 e. The van der Waals surface area contributed by atoms with Gasteiger partial charge in [0.05, 0.1) is 40.4 Å². The lowest BCUT2D eigenvalue weighted by Gasteiger charge is -2.42. The number of fused-ring (bicyclic) bond motifs is 2. The first-order valence-corrected chi connectivity index (χ1v) is 13.6. The number of hydrogen-bond acceptors (Lipinski definition) is 8. The summed E-state index contributed by atoms with van der Waals surface area (Å²) in [6.45, 7) is 7.86. The first kappa shape index (κ1) is 21.0. The Labute approximate surface area is 205 Å². The zero-order chi connectivity index (χ0) is 22.4. The van der Waals surface area contributed by atoms with E-state index in [1.165, 1.54) is 25.4 Å². The van der Waals surface area contributed by atoms with Crippen LogP contribution in [0.25, 0.3) is 20.4 Å². The van der Waals surface area contributed by atoms with E-state index in [0.717, 1.165) is 54.3 Å². The third-order valence-corrected chi connectivity index (χ3v) is 9.04. The summed E-state index contributed by atoms with van der Waals surface area (Å²) in [7, 11) is 0. The molecule has 8 heteroatoms. The molecule has 1 saturated heterocycles. The molecular formula is C25H25N5S3. The van der Waals surface area contributed by atoms with E-state index < -0.39 is 0 Å². The highest BCUT2D eigenvalue weighted by atomic mass is 32.1. The molecule has 0 N–H and O–H groups in total. The van der Waals surface area contributed by atoms with E-state index in [0.29, 0.717) is 0 Å². The van der Waals surface area contributed by atoms with Gasteiger partial charge in [0.1, 0.15) is 0 Å². The second-order valence-corrected chi connectivity index (χ2v) is 11.7. The summed E-state index contributed by atoms with van der Waals surface area (Å²) < 4.78 is 2.51. The minimum atomic E-state index is 0.799. The lowest BCUT2D eigenvalue weighted by atomic mass is 10.2. The number of nitrogens with zero attached hydrogens (tertiary/aromatic N) is 5. The van der Waals surface area contributed by atoms with Crippen LogP contribution >= 0.6 is 34.0 Å². The fourth-order valence-corrected chi connectivity index (χ4v) is 7.03. The number of aromatic nitrogens is 2. The lowest BCUT2D eigenvalue weighted by Crippen LogP contribution is -2.55. The van der Waals surface area contributed by atoms with Gasteiger partial charge >= 0.3 is 0 Å².